The molecule has 0 bridgehead atoms. The van der Waals surface area contributed by atoms with Gasteiger partial charge in [-0.15, -0.1) is 0 Å². The first kappa shape index (κ1) is 19.7. The minimum absolute atomic E-state index is 0.0642. The van der Waals surface area contributed by atoms with Crippen LogP contribution >= 0.6 is 0 Å². The first-order valence-corrected chi connectivity index (χ1v) is 9.33. The molecule has 0 aromatic heterocycles. The van der Waals surface area contributed by atoms with Crippen molar-refractivity contribution in [3.8, 4) is 5.75 Å². The van der Waals surface area contributed by atoms with Crippen LogP contribution in [-0.4, -0.2) is 56.5 Å². The molecule has 2 amide bonds. The van der Waals surface area contributed by atoms with Gasteiger partial charge >= 0.3 is 0 Å². The van der Waals surface area contributed by atoms with E-state index in [-0.39, 0.29) is 11.8 Å². The maximum Gasteiger partial charge on any atom is 0.238 e. The van der Waals surface area contributed by atoms with E-state index in [1.807, 2.05) is 24.3 Å². The summed E-state index contributed by atoms with van der Waals surface area (Å²) < 4.78 is 5.44. The second kappa shape index (κ2) is 9.23. The summed E-state index contributed by atoms with van der Waals surface area (Å²) in [5.74, 6) is 0.662. The number of hydrogen-bond donors (Lipinski definition) is 2. The van der Waals surface area contributed by atoms with E-state index < -0.39 is 0 Å². The molecule has 1 saturated heterocycles. The Balaban J connectivity index is 1.51. The number of ether oxygens (including phenoxy) is 1. The Kier molecular flexibility index (Phi) is 6.49. The molecule has 1 aliphatic rings. The standard InChI is InChI=1S/C21H26N4O3/c1-16(26)22-17-6-5-7-18(14-17)23-21(27)15-24-10-12-25(13-11-24)19-8-3-4-9-20(19)28-2/h3-9,14H,10-13,15H2,1-2H3,(H,22,26)(H,23,27). The minimum atomic E-state index is -0.142. The molecule has 7 nitrogen and oxygen atoms in total. The number of nitrogens with zero attached hydrogens (tertiary/aromatic N) is 2. The van der Waals surface area contributed by atoms with Crippen molar-refractivity contribution in [2.45, 2.75) is 6.92 Å². The molecule has 0 unspecified atom stereocenters. The average Bonchev–Trinajstić information content (AvgIpc) is 2.68. The summed E-state index contributed by atoms with van der Waals surface area (Å²) in [7, 11) is 1.68. The van der Waals surface area contributed by atoms with E-state index in [1.165, 1.54) is 6.92 Å². The van der Waals surface area contributed by atoms with Crippen LogP contribution in [0.1, 0.15) is 6.92 Å². The molecule has 1 heterocycles. The lowest BCUT2D eigenvalue weighted by molar-refractivity contribution is -0.117. The molecule has 0 saturated carbocycles. The Hall–Kier alpha value is -3.06. The third-order valence-electron chi connectivity index (χ3n) is 4.63. The zero-order valence-corrected chi connectivity index (χ0v) is 16.3. The van der Waals surface area contributed by atoms with Crippen molar-refractivity contribution < 1.29 is 14.3 Å². The van der Waals surface area contributed by atoms with Crippen LogP contribution in [0.5, 0.6) is 5.75 Å². The van der Waals surface area contributed by atoms with Crippen LogP contribution in [0.15, 0.2) is 48.5 Å². The van der Waals surface area contributed by atoms with Gasteiger partial charge < -0.3 is 20.3 Å². The van der Waals surface area contributed by atoms with Crippen LogP contribution in [0.25, 0.3) is 0 Å². The number of piperazine rings is 1. The molecule has 2 aromatic carbocycles. The van der Waals surface area contributed by atoms with E-state index in [0.29, 0.717) is 17.9 Å². The SMILES string of the molecule is COc1ccccc1N1CCN(CC(=O)Nc2cccc(NC(C)=O)c2)CC1. The monoisotopic (exact) mass is 382 g/mol. The van der Waals surface area contributed by atoms with Gasteiger partial charge in [0.2, 0.25) is 11.8 Å². The van der Waals surface area contributed by atoms with E-state index in [0.717, 1.165) is 37.6 Å². The highest BCUT2D eigenvalue weighted by atomic mass is 16.5. The van der Waals surface area contributed by atoms with Crippen molar-refractivity contribution in [3.63, 3.8) is 0 Å². The molecule has 0 spiro atoms. The van der Waals surface area contributed by atoms with Gasteiger partial charge in [-0.05, 0) is 30.3 Å². The Morgan fingerprint density at radius 3 is 2.32 bits per heavy atom. The number of methoxy groups -OCH3 is 1. The lowest BCUT2D eigenvalue weighted by Gasteiger charge is -2.36. The van der Waals surface area contributed by atoms with Crippen LogP contribution < -0.4 is 20.3 Å². The van der Waals surface area contributed by atoms with Crippen LogP contribution in [0.4, 0.5) is 17.1 Å². The highest BCUT2D eigenvalue weighted by Gasteiger charge is 2.21. The number of rotatable bonds is 6. The number of carbonyl (C=O) groups is 2. The molecular formula is C21H26N4O3. The van der Waals surface area contributed by atoms with Crippen LogP contribution in [-0.2, 0) is 9.59 Å². The predicted molar refractivity (Wildman–Crippen MR) is 111 cm³/mol. The molecule has 2 N–H and O–H groups in total. The van der Waals surface area contributed by atoms with E-state index >= 15 is 0 Å². The van der Waals surface area contributed by atoms with E-state index in [1.54, 1.807) is 25.3 Å². The Morgan fingerprint density at radius 1 is 0.964 bits per heavy atom. The van der Waals surface area contributed by atoms with Crippen molar-refractivity contribution in [2.75, 3.05) is 55.4 Å². The predicted octanol–water partition coefficient (Wildman–Crippen LogP) is 2.41. The minimum Gasteiger partial charge on any atom is -0.495 e. The largest absolute Gasteiger partial charge is 0.495 e. The van der Waals surface area contributed by atoms with E-state index in [2.05, 4.69) is 26.5 Å². The maximum atomic E-state index is 12.4. The number of anilines is 3. The van der Waals surface area contributed by atoms with Gasteiger partial charge in [0.05, 0.1) is 19.3 Å². The van der Waals surface area contributed by atoms with Crippen LogP contribution in [0, 0.1) is 0 Å². The number of carbonyl (C=O) groups excluding carboxylic acids is 2. The molecule has 1 aliphatic heterocycles. The summed E-state index contributed by atoms with van der Waals surface area (Å²) in [6.45, 7) is 5.08. The van der Waals surface area contributed by atoms with Gasteiger partial charge in [-0.2, -0.15) is 0 Å². The highest BCUT2D eigenvalue weighted by Crippen LogP contribution is 2.28. The number of para-hydroxylation sites is 2. The van der Waals surface area contributed by atoms with Gasteiger partial charge in [0.1, 0.15) is 5.75 Å². The second-order valence-electron chi connectivity index (χ2n) is 6.75. The fraction of sp³-hybridized carbons (Fsp3) is 0.333. The molecule has 1 fully saturated rings. The van der Waals surface area contributed by atoms with Crippen molar-refractivity contribution in [1.29, 1.82) is 0 Å². The lowest BCUT2D eigenvalue weighted by Crippen LogP contribution is -2.48. The summed E-state index contributed by atoms with van der Waals surface area (Å²) in [6.07, 6.45) is 0. The zero-order valence-electron chi connectivity index (χ0n) is 16.3. The second-order valence-corrected chi connectivity index (χ2v) is 6.75. The topological polar surface area (TPSA) is 73.9 Å². The summed E-state index contributed by atoms with van der Waals surface area (Å²) in [5, 5.41) is 5.61. The van der Waals surface area contributed by atoms with Gasteiger partial charge in [-0.3, -0.25) is 14.5 Å². The summed E-state index contributed by atoms with van der Waals surface area (Å²) in [4.78, 5) is 28.0. The molecule has 28 heavy (non-hydrogen) atoms. The van der Waals surface area contributed by atoms with Gasteiger partial charge in [-0.1, -0.05) is 18.2 Å². The Morgan fingerprint density at radius 2 is 1.64 bits per heavy atom. The van der Waals surface area contributed by atoms with Gasteiger partial charge in [-0.25, -0.2) is 0 Å². The average molecular weight is 382 g/mol. The molecule has 7 heteroatoms. The van der Waals surface area contributed by atoms with Gasteiger partial charge in [0.25, 0.3) is 0 Å². The zero-order chi connectivity index (χ0) is 19.9. The highest BCUT2D eigenvalue weighted by molar-refractivity contribution is 5.94. The number of hydrogen-bond acceptors (Lipinski definition) is 5. The maximum absolute atomic E-state index is 12.4. The van der Waals surface area contributed by atoms with Crippen LogP contribution in [0.3, 0.4) is 0 Å². The smallest absolute Gasteiger partial charge is 0.238 e. The normalized spacial score (nSPS) is 14.4. The first-order chi connectivity index (χ1) is 13.5. The van der Waals surface area contributed by atoms with E-state index in [4.69, 9.17) is 4.74 Å². The molecule has 148 valence electrons. The quantitative estimate of drug-likeness (QED) is 0.803. The summed E-state index contributed by atoms with van der Waals surface area (Å²) in [6, 6.07) is 15.1. The number of amides is 2. The summed E-state index contributed by atoms with van der Waals surface area (Å²) in [5.41, 5.74) is 2.42. The molecule has 3 rings (SSSR count). The van der Waals surface area contributed by atoms with Crippen molar-refractivity contribution >= 4 is 28.9 Å². The molecule has 0 aliphatic carbocycles. The lowest BCUT2D eigenvalue weighted by atomic mass is 10.2. The number of nitrogens with one attached hydrogen (secondary N) is 2. The third kappa shape index (κ3) is 5.23. The molecular weight excluding hydrogens is 356 g/mol. The Labute approximate surface area is 165 Å². The molecule has 0 atom stereocenters. The van der Waals surface area contributed by atoms with Gasteiger partial charge in [0.15, 0.2) is 0 Å². The molecule has 2 aromatic rings. The third-order valence-corrected chi connectivity index (χ3v) is 4.63. The van der Waals surface area contributed by atoms with Crippen LogP contribution in [0.2, 0.25) is 0 Å². The number of benzene rings is 2. The van der Waals surface area contributed by atoms with Crippen molar-refractivity contribution in [2.24, 2.45) is 0 Å². The fourth-order valence-corrected chi connectivity index (χ4v) is 3.32. The first-order valence-electron chi connectivity index (χ1n) is 9.33. The molecule has 0 radical (unpaired) electrons. The fourth-order valence-electron chi connectivity index (χ4n) is 3.32. The van der Waals surface area contributed by atoms with Gasteiger partial charge in [0, 0.05) is 44.5 Å². The van der Waals surface area contributed by atoms with E-state index in [9.17, 15) is 9.59 Å². The summed E-state index contributed by atoms with van der Waals surface area (Å²) >= 11 is 0. The Bertz CT molecular complexity index is 832. The van der Waals surface area contributed by atoms with Crippen molar-refractivity contribution in [1.82, 2.24) is 4.90 Å². The van der Waals surface area contributed by atoms with Crippen molar-refractivity contribution in [3.05, 3.63) is 48.5 Å².